The first-order valence-electron chi connectivity index (χ1n) is 5.27. The van der Waals surface area contributed by atoms with Crippen molar-refractivity contribution >= 4 is 16.1 Å². The molecule has 0 aromatic heterocycles. The van der Waals surface area contributed by atoms with Crippen LogP contribution in [0.15, 0.2) is 0 Å². The van der Waals surface area contributed by atoms with Crippen molar-refractivity contribution in [1.82, 2.24) is 9.62 Å². The summed E-state index contributed by atoms with van der Waals surface area (Å²) in [5, 5.41) is 2.53. The van der Waals surface area contributed by atoms with Gasteiger partial charge in [-0.25, -0.2) is 17.5 Å². The lowest BCUT2D eigenvalue weighted by molar-refractivity contribution is 0.152. The van der Waals surface area contributed by atoms with E-state index < -0.39 is 16.1 Å². The maximum absolute atomic E-state index is 11.2. The first kappa shape index (κ1) is 15.2. The standard InChI is InChI=1S/C9H20N2O4S/c1-4-11(16(3,13)14)8-6-7-10-9(12)15-5-2/h4-8H2,1-3H3,(H,10,12). The number of nitrogens with zero attached hydrogens (tertiary/aromatic N) is 1. The Morgan fingerprint density at radius 1 is 1.38 bits per heavy atom. The van der Waals surface area contributed by atoms with Gasteiger partial charge in [-0.05, 0) is 13.3 Å². The van der Waals surface area contributed by atoms with Crippen LogP contribution in [0.25, 0.3) is 0 Å². The zero-order valence-electron chi connectivity index (χ0n) is 10.0. The van der Waals surface area contributed by atoms with Gasteiger partial charge >= 0.3 is 6.09 Å². The van der Waals surface area contributed by atoms with Crippen molar-refractivity contribution in [3.05, 3.63) is 0 Å². The van der Waals surface area contributed by atoms with Crippen LogP contribution < -0.4 is 5.32 Å². The van der Waals surface area contributed by atoms with Crippen LogP contribution >= 0.6 is 0 Å². The van der Waals surface area contributed by atoms with Crippen LogP contribution in [0, 0.1) is 0 Å². The summed E-state index contributed by atoms with van der Waals surface area (Å²) >= 11 is 0. The molecule has 1 N–H and O–H groups in total. The van der Waals surface area contributed by atoms with Gasteiger partial charge < -0.3 is 10.1 Å². The number of alkyl carbamates (subject to hydrolysis) is 1. The molecule has 0 aliphatic rings. The van der Waals surface area contributed by atoms with E-state index in [9.17, 15) is 13.2 Å². The summed E-state index contributed by atoms with van der Waals surface area (Å²) in [6, 6.07) is 0. The number of amides is 1. The minimum atomic E-state index is -3.14. The SMILES string of the molecule is CCOC(=O)NCCCN(CC)S(C)(=O)=O. The van der Waals surface area contributed by atoms with Crippen LogP contribution in [0.3, 0.4) is 0 Å². The van der Waals surface area contributed by atoms with Crippen molar-refractivity contribution in [2.24, 2.45) is 0 Å². The Labute approximate surface area is 97.0 Å². The molecule has 1 amide bonds. The van der Waals surface area contributed by atoms with Gasteiger partial charge in [-0.3, -0.25) is 0 Å². The number of nitrogens with one attached hydrogen (secondary N) is 1. The molecule has 96 valence electrons. The molecule has 0 atom stereocenters. The lowest BCUT2D eigenvalue weighted by Gasteiger charge is -2.17. The minimum Gasteiger partial charge on any atom is -0.450 e. The summed E-state index contributed by atoms with van der Waals surface area (Å²) in [6.07, 6.45) is 1.28. The number of ether oxygens (including phenoxy) is 1. The maximum Gasteiger partial charge on any atom is 0.407 e. The third-order valence-corrected chi connectivity index (χ3v) is 3.33. The molecule has 0 saturated heterocycles. The first-order valence-corrected chi connectivity index (χ1v) is 7.12. The van der Waals surface area contributed by atoms with Gasteiger partial charge in [0.1, 0.15) is 0 Å². The Bertz CT molecular complexity index is 303. The number of hydrogen-bond donors (Lipinski definition) is 1. The third-order valence-electron chi connectivity index (χ3n) is 1.95. The van der Waals surface area contributed by atoms with Gasteiger partial charge in [0.25, 0.3) is 0 Å². The third kappa shape index (κ3) is 6.62. The van der Waals surface area contributed by atoms with E-state index in [0.717, 1.165) is 0 Å². The highest BCUT2D eigenvalue weighted by Gasteiger charge is 2.13. The summed E-state index contributed by atoms with van der Waals surface area (Å²) in [4.78, 5) is 10.9. The van der Waals surface area contributed by atoms with Crippen LogP contribution in [-0.4, -0.2) is 51.3 Å². The normalized spacial score (nSPS) is 11.5. The maximum atomic E-state index is 11.2. The molecule has 0 unspecified atom stereocenters. The second-order valence-corrected chi connectivity index (χ2v) is 5.24. The highest BCUT2D eigenvalue weighted by molar-refractivity contribution is 7.88. The molecule has 0 aliphatic carbocycles. The fourth-order valence-corrected chi connectivity index (χ4v) is 2.12. The summed E-state index contributed by atoms with van der Waals surface area (Å²) in [7, 11) is -3.14. The van der Waals surface area contributed by atoms with Crippen molar-refractivity contribution < 1.29 is 17.9 Å². The molecule has 0 fully saturated rings. The van der Waals surface area contributed by atoms with Gasteiger partial charge in [-0.1, -0.05) is 6.92 Å². The Balaban J connectivity index is 3.77. The number of carbonyl (C=O) groups excluding carboxylic acids is 1. The largest absolute Gasteiger partial charge is 0.450 e. The molecule has 0 aromatic rings. The molecule has 0 aliphatic heterocycles. The highest BCUT2D eigenvalue weighted by atomic mass is 32.2. The van der Waals surface area contributed by atoms with E-state index in [1.54, 1.807) is 13.8 Å². The Kier molecular flexibility index (Phi) is 7.07. The van der Waals surface area contributed by atoms with Gasteiger partial charge in [-0.15, -0.1) is 0 Å². The molecule has 6 nitrogen and oxygen atoms in total. The number of rotatable bonds is 7. The van der Waals surface area contributed by atoms with Gasteiger partial charge in [0.2, 0.25) is 10.0 Å². The summed E-state index contributed by atoms with van der Waals surface area (Å²) in [5.74, 6) is 0. The predicted molar refractivity (Wildman–Crippen MR) is 61.7 cm³/mol. The zero-order valence-corrected chi connectivity index (χ0v) is 10.8. The van der Waals surface area contributed by atoms with E-state index in [-0.39, 0.29) is 0 Å². The molecule has 0 aromatic carbocycles. The number of hydrogen-bond acceptors (Lipinski definition) is 4. The van der Waals surface area contributed by atoms with Crippen LogP contribution in [0.5, 0.6) is 0 Å². The quantitative estimate of drug-likeness (QED) is 0.666. The predicted octanol–water partition coefficient (Wildman–Crippen LogP) is 0.404. The molecular formula is C9H20N2O4S. The van der Waals surface area contributed by atoms with Crippen LogP contribution in [0.4, 0.5) is 4.79 Å². The lowest BCUT2D eigenvalue weighted by atomic mass is 10.4. The molecule has 0 heterocycles. The van der Waals surface area contributed by atoms with Crippen LogP contribution in [0.1, 0.15) is 20.3 Å². The average Bonchev–Trinajstić information content (AvgIpc) is 2.16. The molecule has 7 heteroatoms. The van der Waals surface area contributed by atoms with E-state index in [2.05, 4.69) is 10.1 Å². The second kappa shape index (κ2) is 7.45. The Morgan fingerprint density at radius 3 is 2.44 bits per heavy atom. The monoisotopic (exact) mass is 252 g/mol. The molecular weight excluding hydrogens is 232 g/mol. The van der Waals surface area contributed by atoms with Gasteiger partial charge in [0, 0.05) is 19.6 Å². The number of sulfonamides is 1. The highest BCUT2D eigenvalue weighted by Crippen LogP contribution is 1.98. The zero-order chi connectivity index (χ0) is 12.6. The average molecular weight is 252 g/mol. The smallest absolute Gasteiger partial charge is 0.407 e. The fourth-order valence-electron chi connectivity index (χ4n) is 1.19. The molecule has 16 heavy (non-hydrogen) atoms. The van der Waals surface area contributed by atoms with Crippen molar-refractivity contribution in [1.29, 1.82) is 0 Å². The summed E-state index contributed by atoms with van der Waals surface area (Å²) < 4.78 is 28.4. The Morgan fingerprint density at radius 2 is 2.00 bits per heavy atom. The summed E-state index contributed by atoms with van der Waals surface area (Å²) in [5.41, 5.74) is 0. The lowest BCUT2D eigenvalue weighted by Crippen LogP contribution is -2.33. The Hall–Kier alpha value is -0.820. The van der Waals surface area contributed by atoms with Crippen molar-refractivity contribution in [3.8, 4) is 0 Å². The van der Waals surface area contributed by atoms with E-state index >= 15 is 0 Å². The van der Waals surface area contributed by atoms with Gasteiger partial charge in [0.15, 0.2) is 0 Å². The van der Waals surface area contributed by atoms with E-state index in [1.807, 2.05) is 0 Å². The topological polar surface area (TPSA) is 75.7 Å². The van der Waals surface area contributed by atoms with Crippen molar-refractivity contribution in [3.63, 3.8) is 0 Å². The summed E-state index contributed by atoms with van der Waals surface area (Å²) in [6.45, 7) is 5.09. The van der Waals surface area contributed by atoms with Crippen LogP contribution in [-0.2, 0) is 14.8 Å². The van der Waals surface area contributed by atoms with E-state index in [1.165, 1.54) is 10.6 Å². The fraction of sp³-hybridized carbons (Fsp3) is 0.889. The van der Waals surface area contributed by atoms with Gasteiger partial charge in [0.05, 0.1) is 12.9 Å². The first-order chi connectivity index (χ1) is 7.41. The van der Waals surface area contributed by atoms with Crippen molar-refractivity contribution in [2.75, 3.05) is 32.5 Å². The van der Waals surface area contributed by atoms with E-state index in [0.29, 0.717) is 32.7 Å². The molecule has 0 rings (SSSR count). The second-order valence-electron chi connectivity index (χ2n) is 3.26. The molecule has 0 bridgehead atoms. The molecule has 0 radical (unpaired) electrons. The molecule has 0 spiro atoms. The number of carbonyl (C=O) groups is 1. The van der Waals surface area contributed by atoms with E-state index in [4.69, 9.17) is 0 Å². The van der Waals surface area contributed by atoms with Crippen molar-refractivity contribution in [2.45, 2.75) is 20.3 Å². The van der Waals surface area contributed by atoms with Gasteiger partial charge in [-0.2, -0.15) is 0 Å². The van der Waals surface area contributed by atoms with Crippen LogP contribution in [0.2, 0.25) is 0 Å². The minimum absolute atomic E-state index is 0.330. The molecule has 0 saturated carbocycles.